The third-order valence-electron chi connectivity index (χ3n) is 4.42. The number of ether oxygens (including phenoxy) is 1. The number of aromatic nitrogens is 1. The molecule has 152 valence electrons. The Balaban J connectivity index is 1.84. The Bertz CT molecular complexity index is 983. The first-order valence-electron chi connectivity index (χ1n) is 9.10. The lowest BCUT2D eigenvalue weighted by Gasteiger charge is -2.33. The summed E-state index contributed by atoms with van der Waals surface area (Å²) in [5, 5.41) is 3.17. The number of hydrogen-bond acceptors (Lipinski definition) is 5. The number of nitrogens with zero attached hydrogens (tertiary/aromatic N) is 2. The van der Waals surface area contributed by atoms with E-state index in [1.54, 1.807) is 32.9 Å². The first-order valence-corrected chi connectivity index (χ1v) is 10.5. The summed E-state index contributed by atoms with van der Waals surface area (Å²) in [5.74, 6) is -0.683. The summed E-state index contributed by atoms with van der Waals surface area (Å²) in [6, 6.07) is 4.20. The summed E-state index contributed by atoms with van der Waals surface area (Å²) in [5.41, 5.74) is -0.640. The van der Waals surface area contributed by atoms with Crippen LogP contribution in [0.2, 0.25) is 0 Å². The standard InChI is InChI=1S/C19H24FN3O4S/c1-19(2,3)27-18(24)22-14-7-5-9-23(12-14)28(25,26)16-8-4-6-13-10-21-11-15(20)17(13)16/h4,6,8,10-11,14H,5,7,9,12H2,1-3H3,(H,22,24)/t14-/m1/s1. The van der Waals surface area contributed by atoms with Crippen molar-refractivity contribution >= 4 is 26.9 Å². The van der Waals surface area contributed by atoms with Gasteiger partial charge < -0.3 is 10.1 Å². The van der Waals surface area contributed by atoms with Gasteiger partial charge in [0.2, 0.25) is 10.0 Å². The predicted molar refractivity (Wildman–Crippen MR) is 103 cm³/mol. The summed E-state index contributed by atoms with van der Waals surface area (Å²) in [7, 11) is -3.94. The van der Waals surface area contributed by atoms with E-state index < -0.39 is 27.5 Å². The molecule has 2 aromatic rings. The fourth-order valence-corrected chi connectivity index (χ4v) is 5.01. The molecule has 0 aliphatic carbocycles. The molecule has 1 atom stereocenters. The average molecular weight is 409 g/mol. The quantitative estimate of drug-likeness (QED) is 0.842. The molecule has 28 heavy (non-hydrogen) atoms. The molecule has 0 radical (unpaired) electrons. The number of nitrogens with one attached hydrogen (secondary N) is 1. The zero-order valence-electron chi connectivity index (χ0n) is 16.1. The van der Waals surface area contributed by atoms with Gasteiger partial charge in [-0.1, -0.05) is 12.1 Å². The minimum absolute atomic E-state index is 0.0275. The summed E-state index contributed by atoms with van der Waals surface area (Å²) < 4.78 is 47.3. The highest BCUT2D eigenvalue weighted by Gasteiger charge is 2.33. The van der Waals surface area contributed by atoms with Crippen molar-refractivity contribution in [3.63, 3.8) is 0 Å². The van der Waals surface area contributed by atoms with Crippen LogP contribution in [0.1, 0.15) is 33.6 Å². The summed E-state index contributed by atoms with van der Waals surface area (Å²) in [4.78, 5) is 15.7. The molecule has 2 heterocycles. The SMILES string of the molecule is CC(C)(C)OC(=O)N[C@@H]1CCCN(S(=O)(=O)c2cccc3cncc(F)c23)C1. The Morgan fingerprint density at radius 2 is 2.07 bits per heavy atom. The first-order chi connectivity index (χ1) is 13.1. The molecule has 1 aromatic heterocycles. The maximum absolute atomic E-state index is 14.3. The molecule has 0 unspecified atom stereocenters. The number of fused-ring (bicyclic) bond motifs is 1. The Morgan fingerprint density at radius 3 is 2.79 bits per heavy atom. The van der Waals surface area contributed by atoms with Gasteiger partial charge in [0.1, 0.15) is 5.60 Å². The Kier molecular flexibility index (Phi) is 5.58. The highest BCUT2D eigenvalue weighted by atomic mass is 32.2. The average Bonchev–Trinajstić information content (AvgIpc) is 2.60. The molecular formula is C19H24FN3O4S. The maximum Gasteiger partial charge on any atom is 0.407 e. The molecule has 1 aromatic carbocycles. The van der Waals surface area contributed by atoms with E-state index in [0.717, 1.165) is 6.20 Å². The molecule has 1 fully saturated rings. The van der Waals surface area contributed by atoms with E-state index in [-0.39, 0.29) is 22.9 Å². The van der Waals surface area contributed by atoms with Gasteiger partial charge in [-0.25, -0.2) is 17.6 Å². The third-order valence-corrected chi connectivity index (χ3v) is 6.33. The minimum Gasteiger partial charge on any atom is -0.444 e. The van der Waals surface area contributed by atoms with Gasteiger partial charge in [0.25, 0.3) is 0 Å². The number of alkyl carbamates (subject to hydrolysis) is 1. The van der Waals surface area contributed by atoms with Crippen LogP contribution < -0.4 is 5.32 Å². The molecule has 1 saturated heterocycles. The normalized spacial score (nSPS) is 18.8. The maximum atomic E-state index is 14.3. The smallest absolute Gasteiger partial charge is 0.407 e. The number of carbonyl (C=O) groups excluding carboxylic acids is 1. The van der Waals surface area contributed by atoms with E-state index in [4.69, 9.17) is 4.74 Å². The molecule has 3 rings (SSSR count). The van der Waals surface area contributed by atoms with Gasteiger partial charge in [-0.15, -0.1) is 0 Å². The number of hydrogen-bond donors (Lipinski definition) is 1. The highest BCUT2D eigenvalue weighted by Crippen LogP contribution is 2.29. The fourth-order valence-electron chi connectivity index (χ4n) is 3.27. The predicted octanol–water partition coefficient (Wildman–Crippen LogP) is 3.05. The number of sulfonamides is 1. The number of benzene rings is 1. The first kappa shape index (κ1) is 20.5. The topological polar surface area (TPSA) is 88.6 Å². The lowest BCUT2D eigenvalue weighted by Crippen LogP contribution is -2.50. The van der Waals surface area contributed by atoms with Crippen LogP contribution in [0.15, 0.2) is 35.5 Å². The molecule has 0 saturated carbocycles. The second-order valence-corrected chi connectivity index (χ2v) is 9.73. The number of amides is 1. The van der Waals surface area contributed by atoms with Gasteiger partial charge in [0, 0.05) is 36.1 Å². The van der Waals surface area contributed by atoms with Crippen LogP contribution in [0.4, 0.5) is 9.18 Å². The van der Waals surface area contributed by atoms with Gasteiger partial charge in [-0.3, -0.25) is 4.98 Å². The molecule has 7 nitrogen and oxygen atoms in total. The third kappa shape index (κ3) is 4.41. The van der Waals surface area contributed by atoms with Gasteiger partial charge in [0.15, 0.2) is 5.82 Å². The van der Waals surface area contributed by atoms with E-state index >= 15 is 0 Å². The number of carbonyl (C=O) groups is 1. The second kappa shape index (κ2) is 7.63. The Morgan fingerprint density at radius 1 is 1.32 bits per heavy atom. The van der Waals surface area contributed by atoms with Crippen molar-refractivity contribution in [3.05, 3.63) is 36.4 Å². The summed E-state index contributed by atoms with van der Waals surface area (Å²) in [6.07, 6.45) is 3.07. The summed E-state index contributed by atoms with van der Waals surface area (Å²) >= 11 is 0. The summed E-state index contributed by atoms with van der Waals surface area (Å²) in [6.45, 7) is 5.68. The van der Waals surface area contributed by atoms with Crippen LogP contribution in [0.3, 0.4) is 0 Å². The lowest BCUT2D eigenvalue weighted by molar-refractivity contribution is 0.0487. The molecule has 0 bridgehead atoms. The van der Waals surface area contributed by atoms with E-state index in [0.29, 0.717) is 24.8 Å². The largest absolute Gasteiger partial charge is 0.444 e. The van der Waals surface area contributed by atoms with Gasteiger partial charge in [0.05, 0.1) is 11.1 Å². The van der Waals surface area contributed by atoms with Crippen LogP contribution >= 0.6 is 0 Å². The van der Waals surface area contributed by atoms with Crippen molar-refractivity contribution in [2.24, 2.45) is 0 Å². The molecular weight excluding hydrogens is 385 g/mol. The van der Waals surface area contributed by atoms with Gasteiger partial charge in [-0.05, 0) is 39.7 Å². The van der Waals surface area contributed by atoms with Crippen LogP contribution in [-0.2, 0) is 14.8 Å². The fraction of sp³-hybridized carbons (Fsp3) is 0.474. The van der Waals surface area contributed by atoms with Crippen molar-refractivity contribution in [3.8, 4) is 0 Å². The van der Waals surface area contributed by atoms with Gasteiger partial charge >= 0.3 is 6.09 Å². The zero-order chi connectivity index (χ0) is 20.5. The van der Waals surface area contributed by atoms with Crippen molar-refractivity contribution in [2.45, 2.75) is 50.2 Å². The van der Waals surface area contributed by atoms with Gasteiger partial charge in [-0.2, -0.15) is 4.31 Å². The number of rotatable bonds is 3. The Hall–Kier alpha value is -2.26. The van der Waals surface area contributed by atoms with Crippen LogP contribution in [0.5, 0.6) is 0 Å². The van der Waals surface area contributed by atoms with Crippen LogP contribution in [0.25, 0.3) is 10.8 Å². The molecule has 1 N–H and O–H groups in total. The zero-order valence-corrected chi connectivity index (χ0v) is 16.9. The van der Waals surface area contributed by atoms with E-state index in [1.807, 2.05) is 0 Å². The second-order valence-electron chi connectivity index (χ2n) is 7.82. The molecule has 1 aliphatic rings. The van der Waals surface area contributed by atoms with Crippen LogP contribution in [0, 0.1) is 5.82 Å². The molecule has 1 amide bonds. The van der Waals surface area contributed by atoms with E-state index in [9.17, 15) is 17.6 Å². The van der Waals surface area contributed by atoms with Crippen molar-refractivity contribution in [2.75, 3.05) is 13.1 Å². The van der Waals surface area contributed by atoms with Crippen molar-refractivity contribution in [1.82, 2.24) is 14.6 Å². The van der Waals surface area contributed by atoms with Crippen molar-refractivity contribution in [1.29, 1.82) is 0 Å². The van der Waals surface area contributed by atoms with Crippen LogP contribution in [-0.4, -0.2) is 48.5 Å². The highest BCUT2D eigenvalue weighted by molar-refractivity contribution is 7.89. The monoisotopic (exact) mass is 409 g/mol. The molecule has 0 spiro atoms. The number of piperidine rings is 1. The number of halogens is 1. The number of pyridine rings is 1. The van der Waals surface area contributed by atoms with E-state index in [2.05, 4.69) is 10.3 Å². The lowest BCUT2D eigenvalue weighted by atomic mass is 10.1. The molecule has 1 aliphatic heterocycles. The molecule has 9 heteroatoms. The van der Waals surface area contributed by atoms with E-state index in [1.165, 1.54) is 16.6 Å². The minimum atomic E-state index is -3.94. The van der Waals surface area contributed by atoms with Crippen molar-refractivity contribution < 1.29 is 22.3 Å². The Labute approximate surface area is 163 Å².